The number of hydrogen-bond donors (Lipinski definition) is 3. The quantitative estimate of drug-likeness (QED) is 0.422. The summed E-state index contributed by atoms with van der Waals surface area (Å²) in [6.45, 7) is 2.13. The van der Waals surface area contributed by atoms with Crippen molar-refractivity contribution in [1.82, 2.24) is 15.6 Å². The number of amides is 1. The molecule has 1 heterocycles. The Morgan fingerprint density at radius 2 is 2.08 bits per heavy atom. The van der Waals surface area contributed by atoms with Crippen LogP contribution in [0.3, 0.4) is 0 Å². The molecular formula is C19H21FN4O. The first kappa shape index (κ1) is 17.1. The predicted octanol–water partition coefficient (Wildman–Crippen LogP) is 0.171. The van der Waals surface area contributed by atoms with Crippen LogP contribution in [0.4, 0.5) is 4.39 Å². The predicted molar refractivity (Wildman–Crippen MR) is 96.6 cm³/mol. The maximum absolute atomic E-state index is 13.6. The van der Waals surface area contributed by atoms with Gasteiger partial charge in [0, 0.05) is 6.20 Å². The van der Waals surface area contributed by atoms with Gasteiger partial charge in [0.2, 0.25) is 0 Å². The molecule has 1 aliphatic heterocycles. The van der Waals surface area contributed by atoms with Crippen molar-refractivity contribution in [2.24, 2.45) is 5.84 Å². The molecular weight excluding hydrogens is 319 g/mol. The second kappa shape index (κ2) is 7.04. The number of nitrogens with zero attached hydrogens (tertiary/aromatic N) is 1. The van der Waals surface area contributed by atoms with Crippen molar-refractivity contribution in [3.63, 3.8) is 0 Å². The van der Waals surface area contributed by atoms with E-state index in [-0.39, 0.29) is 18.3 Å². The zero-order valence-corrected chi connectivity index (χ0v) is 14.2. The molecule has 0 radical (unpaired) electrons. The Balaban J connectivity index is 1.94. The van der Waals surface area contributed by atoms with Gasteiger partial charge in [-0.05, 0) is 65.4 Å². The molecule has 0 aromatic heterocycles. The Hall–Kier alpha value is -2.70. The summed E-state index contributed by atoms with van der Waals surface area (Å²) < 4.78 is 13.6. The number of benzene rings is 2. The topological polar surface area (TPSA) is 70.4 Å². The van der Waals surface area contributed by atoms with E-state index in [4.69, 9.17) is 5.84 Å². The van der Waals surface area contributed by atoms with Gasteiger partial charge in [-0.25, -0.2) is 10.2 Å². The van der Waals surface area contributed by atoms with Crippen molar-refractivity contribution in [3.05, 3.63) is 58.2 Å². The summed E-state index contributed by atoms with van der Waals surface area (Å²) in [5.41, 5.74) is 2.82. The Morgan fingerprint density at radius 1 is 1.28 bits per heavy atom. The molecule has 1 unspecified atom stereocenters. The lowest BCUT2D eigenvalue weighted by Gasteiger charge is -2.27. The number of halogens is 1. The Bertz CT molecular complexity index is 926. The van der Waals surface area contributed by atoms with Crippen molar-refractivity contribution in [3.8, 4) is 11.1 Å². The lowest BCUT2D eigenvalue weighted by Crippen LogP contribution is -2.55. The van der Waals surface area contributed by atoms with Gasteiger partial charge in [0.1, 0.15) is 12.0 Å². The number of rotatable bonds is 4. The maximum atomic E-state index is 13.6. The van der Waals surface area contributed by atoms with Crippen LogP contribution in [-0.4, -0.2) is 30.7 Å². The Morgan fingerprint density at radius 3 is 2.84 bits per heavy atom. The first-order chi connectivity index (χ1) is 12.0. The zero-order valence-electron chi connectivity index (χ0n) is 14.2. The fourth-order valence-corrected chi connectivity index (χ4v) is 2.88. The van der Waals surface area contributed by atoms with Crippen LogP contribution in [0.1, 0.15) is 5.56 Å². The van der Waals surface area contributed by atoms with E-state index in [2.05, 4.69) is 10.6 Å². The van der Waals surface area contributed by atoms with Crippen LogP contribution in [0, 0.1) is 12.7 Å². The second-order valence-electron chi connectivity index (χ2n) is 6.06. The Kier molecular flexibility index (Phi) is 4.83. The second-order valence-corrected chi connectivity index (χ2v) is 6.06. The number of carbonyl (C=O) groups excluding carboxylic acids is 1. The normalized spacial score (nSPS) is 15.4. The summed E-state index contributed by atoms with van der Waals surface area (Å²) in [7, 11) is 1.70. The summed E-state index contributed by atoms with van der Waals surface area (Å²) >= 11 is 0. The van der Waals surface area contributed by atoms with Gasteiger partial charge < -0.3 is 10.6 Å². The Labute approximate surface area is 145 Å². The lowest BCUT2D eigenvalue weighted by atomic mass is 9.99. The standard InChI is InChI=1S/C19H21FN4O/c1-12-3-6-16(20)9-17(12)14-5-4-13-8-18(23-10-15(13)7-14)24(21)19(25)11-22-2/h3-10,18,22-23H,11,21H2,1-2H3. The minimum atomic E-state index is -0.407. The van der Waals surface area contributed by atoms with Crippen molar-refractivity contribution < 1.29 is 9.18 Å². The van der Waals surface area contributed by atoms with Gasteiger partial charge in [-0.3, -0.25) is 9.80 Å². The van der Waals surface area contributed by atoms with Crippen LogP contribution in [0.25, 0.3) is 23.4 Å². The summed E-state index contributed by atoms with van der Waals surface area (Å²) in [5, 5.41) is 9.00. The van der Waals surface area contributed by atoms with Crippen molar-refractivity contribution in [2.45, 2.75) is 13.1 Å². The molecule has 1 aliphatic rings. The average Bonchev–Trinajstić information content (AvgIpc) is 2.62. The third-order valence-corrected chi connectivity index (χ3v) is 4.26. The monoisotopic (exact) mass is 340 g/mol. The number of hydrazine groups is 1. The average molecular weight is 340 g/mol. The van der Waals surface area contributed by atoms with Gasteiger partial charge >= 0.3 is 0 Å². The van der Waals surface area contributed by atoms with E-state index in [1.54, 1.807) is 13.1 Å². The molecule has 6 heteroatoms. The van der Waals surface area contributed by atoms with Gasteiger partial charge in [-0.15, -0.1) is 0 Å². The minimum Gasteiger partial charge on any atom is -0.366 e. The molecule has 4 N–H and O–H groups in total. The number of nitrogens with two attached hydrogens (primary N) is 1. The molecule has 2 aromatic rings. The van der Waals surface area contributed by atoms with Crippen LogP contribution < -0.4 is 26.9 Å². The molecule has 0 spiro atoms. The highest BCUT2D eigenvalue weighted by molar-refractivity contribution is 5.79. The van der Waals surface area contributed by atoms with E-state index in [0.717, 1.165) is 27.1 Å². The number of nitrogens with one attached hydrogen (secondary N) is 2. The van der Waals surface area contributed by atoms with Gasteiger partial charge in [0.25, 0.3) is 5.91 Å². The van der Waals surface area contributed by atoms with Crippen LogP contribution in [0.5, 0.6) is 0 Å². The minimum absolute atomic E-state index is 0.174. The molecule has 0 bridgehead atoms. The largest absolute Gasteiger partial charge is 0.366 e. The molecule has 25 heavy (non-hydrogen) atoms. The highest BCUT2D eigenvalue weighted by Gasteiger charge is 2.18. The third kappa shape index (κ3) is 3.55. The molecule has 0 fully saturated rings. The first-order valence-corrected chi connectivity index (χ1v) is 8.05. The fourth-order valence-electron chi connectivity index (χ4n) is 2.88. The number of likely N-dealkylation sites (N-methyl/N-ethyl adjacent to an activating group) is 1. The van der Waals surface area contributed by atoms with Crippen LogP contribution in [0.15, 0.2) is 36.4 Å². The summed E-state index contributed by atoms with van der Waals surface area (Å²) in [6.07, 6.45) is 3.31. The van der Waals surface area contributed by atoms with Gasteiger partial charge in [-0.1, -0.05) is 18.2 Å². The number of carbonyl (C=O) groups is 1. The SMILES string of the molecule is CNCC(=O)N(N)C1C=c2ccc(-c3cc(F)ccc3C)cc2=CN1. The van der Waals surface area contributed by atoms with Gasteiger partial charge in [0.15, 0.2) is 0 Å². The number of fused-ring (bicyclic) bond motifs is 1. The molecule has 1 amide bonds. The third-order valence-electron chi connectivity index (χ3n) is 4.26. The van der Waals surface area contributed by atoms with Crippen LogP contribution in [-0.2, 0) is 4.79 Å². The van der Waals surface area contributed by atoms with Crippen LogP contribution in [0.2, 0.25) is 0 Å². The molecule has 0 saturated heterocycles. The molecule has 1 atom stereocenters. The lowest BCUT2D eigenvalue weighted by molar-refractivity contribution is -0.131. The first-order valence-electron chi connectivity index (χ1n) is 8.05. The number of aryl methyl sites for hydroxylation is 1. The summed E-state index contributed by atoms with van der Waals surface area (Å²) in [6, 6.07) is 10.7. The maximum Gasteiger partial charge on any atom is 0.252 e. The van der Waals surface area contributed by atoms with E-state index in [0.29, 0.717) is 0 Å². The zero-order chi connectivity index (χ0) is 18.0. The van der Waals surface area contributed by atoms with E-state index in [1.165, 1.54) is 17.1 Å². The van der Waals surface area contributed by atoms with E-state index < -0.39 is 6.17 Å². The van der Waals surface area contributed by atoms with Crippen molar-refractivity contribution >= 4 is 18.2 Å². The van der Waals surface area contributed by atoms with Crippen LogP contribution >= 0.6 is 0 Å². The smallest absolute Gasteiger partial charge is 0.252 e. The van der Waals surface area contributed by atoms with E-state index in [1.807, 2.05) is 37.4 Å². The molecule has 0 saturated carbocycles. The molecule has 5 nitrogen and oxygen atoms in total. The van der Waals surface area contributed by atoms with Crippen molar-refractivity contribution in [2.75, 3.05) is 13.6 Å². The number of hydrogen-bond acceptors (Lipinski definition) is 4. The molecule has 130 valence electrons. The van der Waals surface area contributed by atoms with E-state index in [9.17, 15) is 9.18 Å². The van der Waals surface area contributed by atoms with Gasteiger partial charge in [-0.2, -0.15) is 0 Å². The fraction of sp³-hybridized carbons (Fsp3) is 0.211. The van der Waals surface area contributed by atoms with E-state index >= 15 is 0 Å². The molecule has 2 aromatic carbocycles. The molecule has 3 rings (SSSR count). The highest BCUT2D eigenvalue weighted by Crippen LogP contribution is 2.22. The highest BCUT2D eigenvalue weighted by atomic mass is 19.1. The van der Waals surface area contributed by atoms with Gasteiger partial charge in [0.05, 0.1) is 6.54 Å². The summed E-state index contributed by atoms with van der Waals surface area (Å²) in [5.74, 6) is 5.42. The molecule has 0 aliphatic carbocycles. The van der Waals surface area contributed by atoms with Crippen molar-refractivity contribution in [1.29, 1.82) is 0 Å². The summed E-state index contributed by atoms with van der Waals surface area (Å²) in [4.78, 5) is 11.9.